The summed E-state index contributed by atoms with van der Waals surface area (Å²) in [4.78, 5) is 13.3. The predicted octanol–water partition coefficient (Wildman–Crippen LogP) is 2.71. The summed E-state index contributed by atoms with van der Waals surface area (Å²) in [5.41, 5.74) is 7.86. The van der Waals surface area contributed by atoms with Crippen LogP contribution >= 0.6 is 0 Å². The molecule has 0 spiro atoms. The Morgan fingerprint density at radius 3 is 2.41 bits per heavy atom. The highest BCUT2D eigenvalue weighted by Crippen LogP contribution is 2.16. The maximum Gasteiger partial charge on any atom is 0.420 e. The molecule has 2 rings (SSSR count). The SMILES string of the molecule is NCc1ccc(N(C=NO)C(=O)OCc2ccccc2)cc1. The van der Waals surface area contributed by atoms with Crippen molar-refractivity contribution >= 4 is 18.1 Å². The van der Waals surface area contributed by atoms with Gasteiger partial charge in [-0.3, -0.25) is 0 Å². The maximum absolute atomic E-state index is 12.1. The fraction of sp³-hybridized carbons (Fsp3) is 0.125. The van der Waals surface area contributed by atoms with Gasteiger partial charge >= 0.3 is 6.09 Å². The van der Waals surface area contributed by atoms with E-state index < -0.39 is 6.09 Å². The van der Waals surface area contributed by atoms with E-state index >= 15 is 0 Å². The fourth-order valence-corrected chi connectivity index (χ4v) is 1.85. The minimum Gasteiger partial charge on any atom is -0.444 e. The van der Waals surface area contributed by atoms with Gasteiger partial charge in [0.25, 0.3) is 0 Å². The Balaban J connectivity index is 2.07. The van der Waals surface area contributed by atoms with Gasteiger partial charge in [0.05, 0.1) is 5.69 Å². The van der Waals surface area contributed by atoms with Crippen molar-refractivity contribution in [1.82, 2.24) is 0 Å². The third-order valence-electron chi connectivity index (χ3n) is 3.02. The van der Waals surface area contributed by atoms with Crippen LogP contribution in [0.1, 0.15) is 11.1 Å². The van der Waals surface area contributed by atoms with E-state index in [-0.39, 0.29) is 6.61 Å². The van der Waals surface area contributed by atoms with E-state index in [2.05, 4.69) is 5.16 Å². The van der Waals surface area contributed by atoms with Crippen LogP contribution in [0.15, 0.2) is 59.8 Å². The summed E-state index contributed by atoms with van der Waals surface area (Å²) in [5, 5.41) is 11.6. The van der Waals surface area contributed by atoms with E-state index in [9.17, 15) is 4.79 Å². The molecular weight excluding hydrogens is 282 g/mol. The first-order valence-electron chi connectivity index (χ1n) is 6.71. The van der Waals surface area contributed by atoms with Gasteiger partial charge in [-0.1, -0.05) is 47.6 Å². The van der Waals surface area contributed by atoms with Crippen molar-refractivity contribution in [2.45, 2.75) is 13.2 Å². The molecule has 0 aliphatic rings. The quantitative estimate of drug-likeness (QED) is 0.384. The first kappa shape index (κ1) is 15.5. The number of carbonyl (C=O) groups excluding carboxylic acids is 1. The normalized spacial score (nSPS) is 10.6. The Hall–Kier alpha value is -2.86. The number of ether oxygens (including phenoxy) is 1. The second kappa shape index (κ2) is 7.80. The molecule has 0 aliphatic heterocycles. The number of hydrogen-bond acceptors (Lipinski definition) is 5. The largest absolute Gasteiger partial charge is 0.444 e. The molecule has 0 fully saturated rings. The van der Waals surface area contributed by atoms with Crippen molar-refractivity contribution in [2.75, 3.05) is 4.90 Å². The highest BCUT2D eigenvalue weighted by Gasteiger charge is 2.15. The first-order valence-corrected chi connectivity index (χ1v) is 6.71. The molecule has 0 radical (unpaired) electrons. The zero-order valence-corrected chi connectivity index (χ0v) is 11.9. The number of oxime groups is 1. The highest BCUT2D eigenvalue weighted by molar-refractivity contribution is 6.04. The molecule has 22 heavy (non-hydrogen) atoms. The standard InChI is InChI=1S/C16H17N3O3/c17-10-13-6-8-15(9-7-13)19(12-18-21)16(20)22-11-14-4-2-1-3-5-14/h1-9,12,21H,10-11,17H2. The van der Waals surface area contributed by atoms with Crippen molar-refractivity contribution in [3.63, 3.8) is 0 Å². The van der Waals surface area contributed by atoms with Gasteiger partial charge in [-0.25, -0.2) is 9.69 Å². The summed E-state index contributed by atoms with van der Waals surface area (Å²) in [6.07, 6.45) is 0.354. The van der Waals surface area contributed by atoms with Gasteiger partial charge in [-0.2, -0.15) is 0 Å². The third-order valence-corrected chi connectivity index (χ3v) is 3.02. The van der Waals surface area contributed by atoms with Crippen molar-refractivity contribution in [3.8, 4) is 0 Å². The lowest BCUT2D eigenvalue weighted by atomic mass is 10.2. The van der Waals surface area contributed by atoms with E-state index in [0.29, 0.717) is 12.2 Å². The molecule has 0 saturated heterocycles. The molecule has 6 heteroatoms. The molecule has 2 aromatic carbocycles. The van der Waals surface area contributed by atoms with Crippen molar-refractivity contribution < 1.29 is 14.7 Å². The maximum atomic E-state index is 12.1. The van der Waals surface area contributed by atoms with Crippen LogP contribution in [0.3, 0.4) is 0 Å². The minimum absolute atomic E-state index is 0.135. The molecular formula is C16H17N3O3. The Kier molecular flexibility index (Phi) is 5.50. The van der Waals surface area contributed by atoms with Gasteiger partial charge in [0.15, 0.2) is 0 Å². The summed E-state index contributed by atoms with van der Waals surface area (Å²) < 4.78 is 5.21. The molecule has 2 aromatic rings. The van der Waals surface area contributed by atoms with E-state index in [0.717, 1.165) is 22.4 Å². The van der Waals surface area contributed by atoms with Gasteiger partial charge in [-0.15, -0.1) is 0 Å². The van der Waals surface area contributed by atoms with Crippen LogP contribution in [-0.4, -0.2) is 17.6 Å². The Morgan fingerprint density at radius 1 is 1.14 bits per heavy atom. The van der Waals surface area contributed by atoms with Crippen molar-refractivity contribution in [3.05, 3.63) is 65.7 Å². The molecule has 3 N–H and O–H groups in total. The van der Waals surface area contributed by atoms with Gasteiger partial charge in [0.2, 0.25) is 0 Å². The molecule has 0 aromatic heterocycles. The van der Waals surface area contributed by atoms with Crippen molar-refractivity contribution in [2.24, 2.45) is 10.9 Å². The lowest BCUT2D eigenvalue weighted by Crippen LogP contribution is -2.30. The molecule has 0 unspecified atom stereocenters. The van der Waals surface area contributed by atoms with Gasteiger partial charge in [-0.05, 0) is 23.3 Å². The lowest BCUT2D eigenvalue weighted by Gasteiger charge is -2.17. The number of nitrogens with zero attached hydrogens (tertiary/aromatic N) is 2. The Morgan fingerprint density at radius 2 is 1.82 bits per heavy atom. The number of hydrogen-bond donors (Lipinski definition) is 2. The highest BCUT2D eigenvalue weighted by atomic mass is 16.6. The van der Waals surface area contributed by atoms with E-state index in [1.165, 1.54) is 0 Å². The van der Waals surface area contributed by atoms with Gasteiger partial charge in [0.1, 0.15) is 12.9 Å². The summed E-state index contributed by atoms with van der Waals surface area (Å²) in [6.45, 7) is 0.545. The average molecular weight is 299 g/mol. The van der Waals surface area contributed by atoms with E-state index in [4.69, 9.17) is 15.7 Å². The summed E-state index contributed by atoms with van der Waals surface area (Å²) >= 11 is 0. The van der Waals surface area contributed by atoms with Crippen molar-refractivity contribution in [1.29, 1.82) is 0 Å². The number of anilines is 1. The monoisotopic (exact) mass is 299 g/mol. The van der Waals surface area contributed by atoms with Gasteiger partial charge < -0.3 is 15.7 Å². The third kappa shape index (κ3) is 4.07. The second-order valence-electron chi connectivity index (χ2n) is 4.51. The van der Waals surface area contributed by atoms with Crippen LogP contribution in [0.25, 0.3) is 0 Å². The number of benzene rings is 2. The number of rotatable bonds is 5. The first-order chi connectivity index (χ1) is 10.7. The Bertz CT molecular complexity index is 627. The molecule has 0 atom stereocenters. The lowest BCUT2D eigenvalue weighted by molar-refractivity contribution is 0.150. The van der Waals surface area contributed by atoms with Crippen LogP contribution in [0.4, 0.5) is 10.5 Å². The second-order valence-corrected chi connectivity index (χ2v) is 4.51. The van der Waals surface area contributed by atoms with Crippen LogP contribution < -0.4 is 10.6 Å². The topological polar surface area (TPSA) is 88.1 Å². The molecule has 114 valence electrons. The van der Waals surface area contributed by atoms with Crippen LogP contribution in [0.5, 0.6) is 0 Å². The summed E-state index contributed by atoms with van der Waals surface area (Å²) in [6, 6.07) is 16.3. The molecule has 0 heterocycles. The predicted molar refractivity (Wildman–Crippen MR) is 83.7 cm³/mol. The zero-order chi connectivity index (χ0) is 15.8. The smallest absolute Gasteiger partial charge is 0.420 e. The van der Waals surface area contributed by atoms with E-state index in [1.54, 1.807) is 24.3 Å². The van der Waals surface area contributed by atoms with E-state index in [1.807, 2.05) is 30.3 Å². The summed E-state index contributed by atoms with van der Waals surface area (Å²) in [5.74, 6) is 0. The average Bonchev–Trinajstić information content (AvgIpc) is 2.58. The minimum atomic E-state index is -0.637. The molecule has 0 bridgehead atoms. The van der Waals surface area contributed by atoms with Gasteiger partial charge in [0, 0.05) is 6.54 Å². The number of nitrogens with two attached hydrogens (primary N) is 1. The Labute approximate surface area is 128 Å². The molecule has 0 saturated carbocycles. The van der Waals surface area contributed by atoms with Crippen LogP contribution in [0.2, 0.25) is 0 Å². The molecule has 6 nitrogen and oxygen atoms in total. The van der Waals surface area contributed by atoms with Crippen LogP contribution in [0, 0.1) is 0 Å². The number of amides is 1. The molecule has 0 aliphatic carbocycles. The fourth-order valence-electron chi connectivity index (χ4n) is 1.85. The van der Waals surface area contributed by atoms with Crippen LogP contribution in [-0.2, 0) is 17.9 Å². The molecule has 1 amide bonds. The zero-order valence-electron chi connectivity index (χ0n) is 11.9. The number of carbonyl (C=O) groups is 1. The summed E-state index contributed by atoms with van der Waals surface area (Å²) in [7, 11) is 0.